The minimum Gasteiger partial charge on any atom is -0.490 e. The first kappa shape index (κ1) is 14.9. The summed E-state index contributed by atoms with van der Waals surface area (Å²) in [6.45, 7) is 3.89. The van der Waals surface area contributed by atoms with Gasteiger partial charge in [0.25, 0.3) is 0 Å². The van der Waals surface area contributed by atoms with Crippen LogP contribution in [0, 0.1) is 0 Å². The summed E-state index contributed by atoms with van der Waals surface area (Å²) >= 11 is 0. The van der Waals surface area contributed by atoms with Crippen LogP contribution in [0.1, 0.15) is 37.7 Å². The lowest BCUT2D eigenvalue weighted by molar-refractivity contribution is 0.155. The first-order chi connectivity index (χ1) is 9.36. The van der Waals surface area contributed by atoms with Crippen LogP contribution in [0.25, 0.3) is 16.8 Å². The van der Waals surface area contributed by atoms with Gasteiger partial charge in [-0.25, -0.2) is 0 Å². The van der Waals surface area contributed by atoms with E-state index in [9.17, 15) is 0 Å². The highest BCUT2D eigenvalue weighted by Crippen LogP contribution is 2.30. The molecule has 1 aliphatic rings. The van der Waals surface area contributed by atoms with Gasteiger partial charge < -0.3 is 4.74 Å². The van der Waals surface area contributed by atoms with Gasteiger partial charge in [-0.3, -0.25) is 4.98 Å². The van der Waals surface area contributed by atoms with Gasteiger partial charge in [0.1, 0.15) is 5.75 Å². The van der Waals surface area contributed by atoms with Gasteiger partial charge in [-0.2, -0.15) is 0 Å². The van der Waals surface area contributed by atoms with Crippen molar-refractivity contribution in [3.8, 4) is 5.75 Å². The van der Waals surface area contributed by atoms with Crippen molar-refractivity contribution in [2.45, 2.75) is 38.2 Å². The Kier molecular flexibility index (Phi) is 5.02. The second-order valence-corrected chi connectivity index (χ2v) is 5.19. The highest BCUT2D eigenvalue weighted by Gasteiger charge is 2.16. The molecule has 3 rings (SSSR count). The fraction of sp³-hybridized carbons (Fsp3) is 0.353. The molecule has 1 aromatic carbocycles. The zero-order valence-corrected chi connectivity index (χ0v) is 12.4. The van der Waals surface area contributed by atoms with Crippen molar-refractivity contribution < 1.29 is 4.74 Å². The summed E-state index contributed by atoms with van der Waals surface area (Å²) in [6.07, 6.45) is 12.2. The monoisotopic (exact) mass is 289 g/mol. The van der Waals surface area contributed by atoms with E-state index in [4.69, 9.17) is 4.74 Å². The number of benzene rings is 1. The van der Waals surface area contributed by atoms with E-state index < -0.39 is 0 Å². The number of nitrogens with zero attached hydrogens (tertiary/aromatic N) is 1. The van der Waals surface area contributed by atoms with E-state index in [0.29, 0.717) is 6.10 Å². The molecule has 106 valence electrons. The molecule has 0 spiro atoms. The number of hydrogen-bond acceptors (Lipinski definition) is 2. The van der Waals surface area contributed by atoms with Crippen LogP contribution in [0.5, 0.6) is 5.75 Å². The van der Waals surface area contributed by atoms with Gasteiger partial charge in [-0.1, -0.05) is 19.1 Å². The van der Waals surface area contributed by atoms with Crippen LogP contribution < -0.4 is 4.74 Å². The predicted octanol–water partition coefficient (Wildman–Crippen LogP) is 5.01. The first-order valence-corrected chi connectivity index (χ1v) is 7.04. The Morgan fingerprint density at radius 2 is 1.95 bits per heavy atom. The highest BCUT2D eigenvalue weighted by molar-refractivity contribution is 5.86. The Hall–Kier alpha value is -1.54. The molecule has 20 heavy (non-hydrogen) atoms. The topological polar surface area (TPSA) is 22.1 Å². The second kappa shape index (κ2) is 6.76. The highest BCUT2D eigenvalue weighted by atomic mass is 35.5. The number of fused-ring (bicyclic) bond motifs is 1. The van der Waals surface area contributed by atoms with Gasteiger partial charge in [0.15, 0.2) is 0 Å². The minimum atomic E-state index is 0. The van der Waals surface area contributed by atoms with E-state index >= 15 is 0 Å². The van der Waals surface area contributed by atoms with E-state index in [1.165, 1.54) is 37.5 Å². The molecule has 2 nitrogen and oxygen atoms in total. The third-order valence-corrected chi connectivity index (χ3v) is 3.83. The molecule has 3 heteroatoms. The molecule has 0 saturated heterocycles. The normalized spacial score (nSPS) is 15.6. The van der Waals surface area contributed by atoms with Crippen molar-refractivity contribution in [3.05, 3.63) is 42.7 Å². The van der Waals surface area contributed by atoms with Crippen molar-refractivity contribution in [3.63, 3.8) is 0 Å². The summed E-state index contributed by atoms with van der Waals surface area (Å²) in [7, 11) is 0. The van der Waals surface area contributed by atoms with Crippen LogP contribution in [0.3, 0.4) is 0 Å². The van der Waals surface area contributed by atoms with Crippen LogP contribution in [0.15, 0.2) is 37.2 Å². The maximum atomic E-state index is 6.19. The summed E-state index contributed by atoms with van der Waals surface area (Å²) in [5.74, 6) is 0.959. The lowest BCUT2D eigenvalue weighted by atomic mass is 9.97. The lowest BCUT2D eigenvalue weighted by Gasteiger charge is -2.24. The van der Waals surface area contributed by atoms with E-state index in [-0.39, 0.29) is 12.4 Å². The van der Waals surface area contributed by atoms with Crippen LogP contribution in [-0.2, 0) is 0 Å². The Balaban J connectivity index is 0.00000147. The van der Waals surface area contributed by atoms with E-state index in [0.717, 1.165) is 16.7 Å². The summed E-state index contributed by atoms with van der Waals surface area (Å²) < 4.78 is 6.19. The van der Waals surface area contributed by atoms with Crippen LogP contribution in [-0.4, -0.2) is 11.1 Å². The summed E-state index contributed by atoms with van der Waals surface area (Å²) in [5, 5.41) is 2.31. The molecule has 0 radical (unpaired) electrons. The zero-order chi connectivity index (χ0) is 13.1. The largest absolute Gasteiger partial charge is 0.490 e. The van der Waals surface area contributed by atoms with Crippen molar-refractivity contribution in [2.24, 2.45) is 0 Å². The van der Waals surface area contributed by atoms with Crippen molar-refractivity contribution in [2.75, 3.05) is 0 Å². The SMILES string of the molecule is C=Cc1cc2cnccc2cc1OC1CCCCC1.Cl. The van der Waals surface area contributed by atoms with E-state index in [1.54, 1.807) is 0 Å². The van der Waals surface area contributed by atoms with E-state index in [1.807, 2.05) is 24.5 Å². The van der Waals surface area contributed by atoms with E-state index in [2.05, 4.69) is 23.7 Å². The fourth-order valence-corrected chi connectivity index (χ4v) is 2.76. The van der Waals surface area contributed by atoms with Gasteiger partial charge in [0.2, 0.25) is 0 Å². The first-order valence-electron chi connectivity index (χ1n) is 7.04. The van der Waals surface area contributed by atoms with Crippen LogP contribution in [0.4, 0.5) is 0 Å². The Morgan fingerprint density at radius 3 is 2.70 bits per heavy atom. The molecule has 1 heterocycles. The molecule has 0 amide bonds. The number of ether oxygens (including phenoxy) is 1. The molecule has 0 N–H and O–H groups in total. The third kappa shape index (κ3) is 3.13. The summed E-state index contributed by atoms with van der Waals surface area (Å²) in [5.41, 5.74) is 1.06. The van der Waals surface area contributed by atoms with Crippen LogP contribution in [0.2, 0.25) is 0 Å². The number of rotatable bonds is 3. The predicted molar refractivity (Wildman–Crippen MR) is 86.6 cm³/mol. The van der Waals surface area contributed by atoms with Crippen molar-refractivity contribution in [1.82, 2.24) is 4.98 Å². The molecule has 0 atom stereocenters. The fourth-order valence-electron chi connectivity index (χ4n) is 2.76. The zero-order valence-electron chi connectivity index (χ0n) is 11.5. The smallest absolute Gasteiger partial charge is 0.127 e. The number of pyridine rings is 1. The quantitative estimate of drug-likeness (QED) is 0.792. The van der Waals surface area contributed by atoms with Crippen LogP contribution >= 0.6 is 12.4 Å². The van der Waals surface area contributed by atoms with Gasteiger partial charge in [-0.15, -0.1) is 12.4 Å². The number of halogens is 1. The molecular weight excluding hydrogens is 270 g/mol. The van der Waals surface area contributed by atoms with Gasteiger partial charge in [0, 0.05) is 23.3 Å². The minimum absolute atomic E-state index is 0. The Morgan fingerprint density at radius 1 is 1.15 bits per heavy atom. The van der Waals surface area contributed by atoms with Gasteiger partial charge >= 0.3 is 0 Å². The molecular formula is C17H20ClNO. The van der Waals surface area contributed by atoms with Crippen molar-refractivity contribution in [1.29, 1.82) is 0 Å². The van der Waals surface area contributed by atoms with Gasteiger partial charge in [0.05, 0.1) is 6.10 Å². The summed E-state index contributed by atoms with van der Waals surface area (Å²) in [6, 6.07) is 6.24. The Labute approximate surface area is 126 Å². The number of hydrogen-bond donors (Lipinski definition) is 0. The number of aromatic nitrogens is 1. The average Bonchev–Trinajstić information content (AvgIpc) is 2.47. The standard InChI is InChI=1S/C17H19NO.ClH/c1-2-13-10-15-12-18-9-8-14(15)11-17(13)19-16-6-4-3-5-7-16;/h2,8-12,16H,1,3-7H2;1H. The molecule has 0 bridgehead atoms. The summed E-state index contributed by atoms with van der Waals surface area (Å²) in [4.78, 5) is 4.16. The maximum Gasteiger partial charge on any atom is 0.127 e. The third-order valence-electron chi connectivity index (χ3n) is 3.83. The molecule has 2 aromatic rings. The molecule has 1 saturated carbocycles. The van der Waals surface area contributed by atoms with Crippen molar-refractivity contribution >= 4 is 29.3 Å². The molecule has 1 aliphatic carbocycles. The lowest BCUT2D eigenvalue weighted by Crippen LogP contribution is -2.20. The molecule has 1 fully saturated rings. The molecule has 1 aromatic heterocycles. The van der Waals surface area contributed by atoms with Gasteiger partial charge in [-0.05, 0) is 49.3 Å². The molecule has 0 aliphatic heterocycles. The second-order valence-electron chi connectivity index (χ2n) is 5.19. The maximum absolute atomic E-state index is 6.19. The average molecular weight is 290 g/mol. The molecule has 0 unspecified atom stereocenters. The Bertz CT molecular complexity index is 591.